The zero-order valence-corrected chi connectivity index (χ0v) is 18.7. The summed E-state index contributed by atoms with van der Waals surface area (Å²) in [6, 6.07) is 14.0. The molecule has 0 fully saturated rings. The normalized spacial score (nSPS) is 10.7. The number of benzene rings is 2. The second-order valence-electron chi connectivity index (χ2n) is 6.08. The quantitative estimate of drug-likeness (QED) is 0.686. The van der Waals surface area contributed by atoms with E-state index in [0.29, 0.717) is 11.6 Å². The van der Waals surface area contributed by atoms with Crippen molar-refractivity contribution in [1.82, 2.24) is 4.57 Å². The first-order valence-electron chi connectivity index (χ1n) is 8.06. The summed E-state index contributed by atoms with van der Waals surface area (Å²) >= 11 is 5.98. The summed E-state index contributed by atoms with van der Waals surface area (Å²) < 4.78 is 2.23. The minimum atomic E-state index is -0.795. The molecule has 0 saturated carbocycles. The van der Waals surface area contributed by atoms with Crippen LogP contribution >= 0.6 is 11.6 Å². The Morgan fingerprint density at radius 1 is 1.16 bits per heavy atom. The fourth-order valence-corrected chi connectivity index (χ4v) is 3.42. The maximum atomic E-state index is 11.3. The van der Waals surface area contributed by atoms with Gasteiger partial charge in [-0.3, -0.25) is 4.79 Å². The van der Waals surface area contributed by atoms with E-state index in [4.69, 9.17) is 11.6 Å². The van der Waals surface area contributed by atoms with Crippen LogP contribution in [0.4, 0.5) is 0 Å². The Morgan fingerprint density at radius 2 is 1.84 bits per heavy atom. The first-order chi connectivity index (χ1) is 11.5. The van der Waals surface area contributed by atoms with Gasteiger partial charge in [-0.1, -0.05) is 42.3 Å². The molecular weight excluding hydrogens is 361 g/mol. The number of carbonyl (C=O) groups is 1. The number of aryl methyl sites for hydroxylation is 1. The number of hydrogen-bond acceptors (Lipinski definition) is 1. The van der Waals surface area contributed by atoms with E-state index in [1.807, 2.05) is 31.2 Å². The molecule has 0 aliphatic carbocycles. The molecule has 0 aliphatic rings. The van der Waals surface area contributed by atoms with Gasteiger partial charge in [0.15, 0.2) is 0 Å². The van der Waals surface area contributed by atoms with Gasteiger partial charge in [-0.15, -0.1) is 0 Å². The summed E-state index contributed by atoms with van der Waals surface area (Å²) in [5.41, 5.74) is 5.39. The number of carboxylic acid groups (broad SMARTS) is 1. The van der Waals surface area contributed by atoms with E-state index >= 15 is 0 Å². The third-order valence-electron chi connectivity index (χ3n) is 4.36. The predicted octanol–water partition coefficient (Wildman–Crippen LogP) is 1.84. The molecule has 5 heteroatoms. The van der Waals surface area contributed by atoms with Gasteiger partial charge in [-0.2, -0.15) is 0 Å². The number of hydrogen-bond donors (Lipinski definition) is 1. The second-order valence-corrected chi connectivity index (χ2v) is 6.52. The van der Waals surface area contributed by atoms with E-state index in [2.05, 4.69) is 29.7 Å². The Hall–Kier alpha value is -0.624. The summed E-state index contributed by atoms with van der Waals surface area (Å²) in [6.07, 6.45) is 0.848. The molecule has 3 rings (SSSR count). The maximum absolute atomic E-state index is 11.3. The minimum Gasteiger partial charge on any atom is -0.481 e. The van der Waals surface area contributed by atoms with Crippen LogP contribution in [0.5, 0.6) is 0 Å². The summed E-state index contributed by atoms with van der Waals surface area (Å²) in [4.78, 5) is 11.3. The van der Waals surface area contributed by atoms with Crippen LogP contribution in [-0.4, -0.2) is 15.6 Å². The third-order valence-corrected chi connectivity index (χ3v) is 4.61. The largest absolute Gasteiger partial charge is 1.00 e. The third kappa shape index (κ3) is 4.56. The molecule has 0 radical (unpaired) electrons. The zero-order chi connectivity index (χ0) is 17.3. The second kappa shape index (κ2) is 8.85. The first-order valence-corrected chi connectivity index (χ1v) is 8.44. The molecule has 1 aromatic heterocycles. The van der Waals surface area contributed by atoms with E-state index in [1.54, 1.807) is 0 Å². The average Bonchev–Trinajstić information content (AvgIpc) is 2.81. The van der Waals surface area contributed by atoms with Gasteiger partial charge in [0, 0.05) is 28.2 Å². The topological polar surface area (TPSA) is 42.2 Å². The van der Waals surface area contributed by atoms with E-state index in [-0.39, 0.29) is 57.8 Å². The molecule has 0 aliphatic heterocycles. The summed E-state index contributed by atoms with van der Waals surface area (Å²) in [5.74, 6) is -0.795. The molecule has 1 heterocycles. The predicted molar refractivity (Wildman–Crippen MR) is 97.9 cm³/mol. The Labute approximate surface area is 195 Å². The van der Waals surface area contributed by atoms with Crippen LogP contribution in [0.2, 0.25) is 5.02 Å². The van der Waals surface area contributed by atoms with Gasteiger partial charge in [0.1, 0.15) is 0 Å². The summed E-state index contributed by atoms with van der Waals surface area (Å²) in [7, 11) is 0. The monoisotopic (exact) mass is 380 g/mol. The van der Waals surface area contributed by atoms with Crippen molar-refractivity contribution >= 4 is 28.5 Å². The van der Waals surface area contributed by atoms with Crippen molar-refractivity contribution in [2.45, 2.75) is 33.2 Å². The number of rotatable bonds is 5. The van der Waals surface area contributed by atoms with Crippen molar-refractivity contribution in [3.05, 3.63) is 69.9 Å². The molecule has 3 nitrogen and oxygen atoms in total. The van der Waals surface area contributed by atoms with Crippen molar-refractivity contribution in [3.8, 4) is 0 Å². The zero-order valence-electron chi connectivity index (χ0n) is 14.8. The summed E-state index contributed by atoms with van der Waals surface area (Å²) in [6.45, 7) is 4.82. The number of aromatic nitrogens is 1. The van der Waals surface area contributed by atoms with Crippen LogP contribution in [0.15, 0.2) is 42.5 Å². The van der Waals surface area contributed by atoms with Crippen LogP contribution in [0, 0.1) is 6.92 Å². The molecule has 124 valence electrons. The van der Waals surface area contributed by atoms with E-state index in [1.165, 1.54) is 0 Å². The van der Waals surface area contributed by atoms with Crippen LogP contribution in [-0.2, 0) is 24.2 Å². The van der Waals surface area contributed by atoms with E-state index in [0.717, 1.165) is 39.7 Å². The van der Waals surface area contributed by atoms with Crippen molar-refractivity contribution in [1.29, 1.82) is 0 Å². The standard InChI is InChI=1S/C20H20ClNO2.K/c1-3-18-17(11-20(23)24)16-10-13(2)4-9-19(16)22(18)12-14-5-7-15(21)8-6-14;/h4-10H,3,11-12H2,1-2H3,(H,23,24);/q;+1. The molecule has 0 spiro atoms. The Kier molecular flexibility index (Phi) is 7.32. The fraction of sp³-hybridized carbons (Fsp3) is 0.250. The Morgan fingerprint density at radius 3 is 2.44 bits per heavy atom. The Balaban J connectivity index is 0.00000225. The van der Waals surface area contributed by atoms with Gasteiger partial charge in [-0.25, -0.2) is 0 Å². The molecule has 25 heavy (non-hydrogen) atoms. The number of fused-ring (bicyclic) bond motifs is 1. The molecule has 0 atom stereocenters. The molecule has 0 bridgehead atoms. The van der Waals surface area contributed by atoms with Crippen LogP contribution in [0.1, 0.15) is 29.3 Å². The van der Waals surface area contributed by atoms with Crippen molar-refractivity contribution < 1.29 is 61.3 Å². The number of halogens is 1. The van der Waals surface area contributed by atoms with Gasteiger partial charge in [0.2, 0.25) is 0 Å². The van der Waals surface area contributed by atoms with Gasteiger partial charge < -0.3 is 9.67 Å². The molecular formula is C20H20ClKNO2+. The molecule has 3 aromatic rings. The van der Waals surface area contributed by atoms with Crippen molar-refractivity contribution in [3.63, 3.8) is 0 Å². The SMILES string of the molecule is CCc1c(CC(=O)O)c2cc(C)ccc2n1Cc1ccc(Cl)cc1.[K+]. The number of aliphatic carboxylic acids is 1. The Bertz CT molecular complexity index is 900. The summed E-state index contributed by atoms with van der Waals surface area (Å²) in [5, 5.41) is 11.1. The van der Waals surface area contributed by atoms with Gasteiger partial charge in [-0.05, 0) is 48.7 Å². The van der Waals surface area contributed by atoms with E-state index < -0.39 is 5.97 Å². The van der Waals surface area contributed by atoms with Crippen LogP contribution in [0.25, 0.3) is 10.9 Å². The van der Waals surface area contributed by atoms with Crippen LogP contribution in [0.3, 0.4) is 0 Å². The maximum Gasteiger partial charge on any atom is 1.00 e. The number of nitrogens with zero attached hydrogens (tertiary/aromatic N) is 1. The first kappa shape index (κ1) is 20.7. The van der Waals surface area contributed by atoms with Gasteiger partial charge >= 0.3 is 57.4 Å². The molecule has 2 aromatic carbocycles. The fourth-order valence-electron chi connectivity index (χ4n) is 3.30. The minimum absolute atomic E-state index is 0. The van der Waals surface area contributed by atoms with Crippen molar-refractivity contribution in [2.75, 3.05) is 0 Å². The average molecular weight is 381 g/mol. The molecule has 0 unspecified atom stereocenters. The van der Waals surface area contributed by atoms with Crippen molar-refractivity contribution in [2.24, 2.45) is 0 Å². The smallest absolute Gasteiger partial charge is 0.481 e. The van der Waals surface area contributed by atoms with Gasteiger partial charge in [0.05, 0.1) is 6.42 Å². The van der Waals surface area contributed by atoms with Crippen LogP contribution < -0.4 is 51.4 Å². The molecule has 0 amide bonds. The van der Waals surface area contributed by atoms with E-state index in [9.17, 15) is 9.90 Å². The number of carboxylic acids is 1. The molecule has 0 saturated heterocycles. The molecule has 1 N–H and O–H groups in total. The van der Waals surface area contributed by atoms with Gasteiger partial charge in [0.25, 0.3) is 0 Å².